The van der Waals surface area contributed by atoms with Crippen LogP contribution in [-0.4, -0.2) is 11.1 Å². The number of benzene rings is 2. The molecule has 0 saturated heterocycles. The van der Waals surface area contributed by atoms with Gasteiger partial charge < -0.3 is 9.84 Å². The van der Waals surface area contributed by atoms with Gasteiger partial charge in [-0.1, -0.05) is 67.5 Å². The standard InChI is InChI=1S/C22H26O3/c23-22(24)13-9-4-2-1-3-6-10-19-14-16-21(17-15-19)25-18-20-11-7-5-8-12-20/h5-8,10-12,14-17H,1-4,9,13,18H2,(H,23,24)/b10-6+. The van der Waals surface area contributed by atoms with Crippen LogP contribution in [-0.2, 0) is 11.4 Å². The first-order chi connectivity index (χ1) is 12.2. The lowest BCUT2D eigenvalue weighted by atomic mass is 10.1. The third-order valence-corrected chi connectivity index (χ3v) is 3.95. The third-order valence-electron chi connectivity index (χ3n) is 3.95. The molecule has 3 nitrogen and oxygen atoms in total. The van der Waals surface area contributed by atoms with Crippen LogP contribution in [0, 0.1) is 0 Å². The minimum atomic E-state index is -0.698. The Labute approximate surface area is 150 Å². The summed E-state index contributed by atoms with van der Waals surface area (Å²) < 4.78 is 5.78. The van der Waals surface area contributed by atoms with Crippen LogP contribution in [0.4, 0.5) is 0 Å². The molecule has 0 aliphatic rings. The number of hydrogen-bond donors (Lipinski definition) is 1. The predicted octanol–water partition coefficient (Wildman–Crippen LogP) is 5.70. The molecule has 2 aromatic carbocycles. The first-order valence-corrected chi connectivity index (χ1v) is 8.89. The van der Waals surface area contributed by atoms with E-state index in [1.54, 1.807) is 0 Å². The van der Waals surface area contributed by atoms with E-state index in [9.17, 15) is 4.79 Å². The summed E-state index contributed by atoms with van der Waals surface area (Å²) in [6.07, 6.45) is 9.58. The first kappa shape index (κ1) is 18.8. The van der Waals surface area contributed by atoms with E-state index in [0.29, 0.717) is 6.61 Å². The van der Waals surface area contributed by atoms with Crippen molar-refractivity contribution in [3.63, 3.8) is 0 Å². The van der Waals surface area contributed by atoms with Crippen LogP contribution in [0.5, 0.6) is 5.75 Å². The molecule has 0 aromatic heterocycles. The fraction of sp³-hybridized carbons (Fsp3) is 0.318. The molecule has 0 fully saturated rings. The van der Waals surface area contributed by atoms with E-state index in [4.69, 9.17) is 9.84 Å². The van der Waals surface area contributed by atoms with Crippen molar-refractivity contribution >= 4 is 12.0 Å². The molecule has 3 heteroatoms. The van der Waals surface area contributed by atoms with Gasteiger partial charge in [-0.3, -0.25) is 4.79 Å². The highest BCUT2D eigenvalue weighted by Crippen LogP contribution is 2.15. The quantitative estimate of drug-likeness (QED) is 0.534. The monoisotopic (exact) mass is 338 g/mol. The second-order valence-corrected chi connectivity index (χ2v) is 6.09. The van der Waals surface area contributed by atoms with E-state index in [0.717, 1.165) is 49.0 Å². The van der Waals surface area contributed by atoms with Gasteiger partial charge in [-0.2, -0.15) is 0 Å². The molecule has 25 heavy (non-hydrogen) atoms. The topological polar surface area (TPSA) is 46.5 Å². The van der Waals surface area contributed by atoms with Crippen molar-refractivity contribution in [3.05, 3.63) is 71.8 Å². The first-order valence-electron chi connectivity index (χ1n) is 8.89. The lowest BCUT2D eigenvalue weighted by Gasteiger charge is -2.06. The molecule has 132 valence electrons. The molecule has 0 atom stereocenters. The largest absolute Gasteiger partial charge is 0.489 e. The van der Waals surface area contributed by atoms with E-state index in [1.165, 1.54) is 0 Å². The van der Waals surface area contributed by atoms with Crippen LogP contribution in [0.1, 0.15) is 49.7 Å². The molecule has 0 saturated carbocycles. The van der Waals surface area contributed by atoms with E-state index >= 15 is 0 Å². The Kier molecular flexibility index (Phi) is 8.33. The normalized spacial score (nSPS) is 10.9. The maximum Gasteiger partial charge on any atom is 0.303 e. The van der Waals surface area contributed by atoms with Crippen LogP contribution in [0.25, 0.3) is 6.08 Å². The molecule has 0 aliphatic carbocycles. The summed E-state index contributed by atoms with van der Waals surface area (Å²) in [5, 5.41) is 8.57. The molecule has 0 amide bonds. The van der Waals surface area contributed by atoms with Crippen LogP contribution < -0.4 is 4.74 Å². The number of carbonyl (C=O) groups is 1. The van der Waals surface area contributed by atoms with Gasteiger partial charge in [0.1, 0.15) is 12.4 Å². The molecule has 0 aliphatic heterocycles. The molecule has 0 radical (unpaired) electrons. The summed E-state index contributed by atoms with van der Waals surface area (Å²) in [5.41, 5.74) is 2.33. The van der Waals surface area contributed by atoms with Crippen molar-refractivity contribution < 1.29 is 14.6 Å². The summed E-state index contributed by atoms with van der Waals surface area (Å²) in [4.78, 5) is 10.4. The fourth-order valence-electron chi connectivity index (χ4n) is 2.53. The van der Waals surface area contributed by atoms with Gasteiger partial charge in [-0.25, -0.2) is 0 Å². The Morgan fingerprint density at radius 3 is 2.36 bits per heavy atom. The van der Waals surface area contributed by atoms with E-state index in [-0.39, 0.29) is 6.42 Å². The lowest BCUT2D eigenvalue weighted by molar-refractivity contribution is -0.137. The van der Waals surface area contributed by atoms with E-state index in [2.05, 4.69) is 36.4 Å². The van der Waals surface area contributed by atoms with Gasteiger partial charge in [0.25, 0.3) is 0 Å². The maximum atomic E-state index is 10.4. The van der Waals surface area contributed by atoms with Crippen molar-refractivity contribution in [2.75, 3.05) is 0 Å². The number of rotatable bonds is 11. The molecule has 2 aromatic rings. The zero-order valence-corrected chi connectivity index (χ0v) is 14.6. The van der Waals surface area contributed by atoms with Crippen molar-refractivity contribution in [2.45, 2.75) is 45.1 Å². The summed E-state index contributed by atoms with van der Waals surface area (Å²) in [7, 11) is 0. The number of unbranched alkanes of at least 4 members (excludes halogenated alkanes) is 4. The van der Waals surface area contributed by atoms with Gasteiger partial charge in [0.15, 0.2) is 0 Å². The highest BCUT2D eigenvalue weighted by Gasteiger charge is 1.97. The van der Waals surface area contributed by atoms with Crippen LogP contribution in [0.15, 0.2) is 60.7 Å². The average molecular weight is 338 g/mol. The fourth-order valence-corrected chi connectivity index (χ4v) is 2.53. The van der Waals surface area contributed by atoms with Gasteiger partial charge in [-0.05, 0) is 42.5 Å². The molecule has 1 N–H and O–H groups in total. The smallest absolute Gasteiger partial charge is 0.303 e. The highest BCUT2D eigenvalue weighted by molar-refractivity contribution is 5.66. The van der Waals surface area contributed by atoms with E-state index < -0.39 is 5.97 Å². The molecular formula is C22H26O3. The Bertz CT molecular complexity index is 645. The minimum Gasteiger partial charge on any atom is -0.489 e. The molecule has 2 rings (SSSR count). The minimum absolute atomic E-state index is 0.286. The van der Waals surface area contributed by atoms with E-state index in [1.807, 2.05) is 30.3 Å². The summed E-state index contributed by atoms with van der Waals surface area (Å²) in [5.74, 6) is 0.176. The Balaban J connectivity index is 1.63. The van der Waals surface area contributed by atoms with Crippen LogP contribution in [0.2, 0.25) is 0 Å². The third kappa shape index (κ3) is 8.20. The van der Waals surface area contributed by atoms with Crippen molar-refractivity contribution in [1.29, 1.82) is 0 Å². The Morgan fingerprint density at radius 2 is 1.64 bits per heavy atom. The lowest BCUT2D eigenvalue weighted by Crippen LogP contribution is -1.94. The number of carboxylic acid groups (broad SMARTS) is 1. The number of allylic oxidation sites excluding steroid dienone is 1. The van der Waals surface area contributed by atoms with Crippen molar-refractivity contribution in [3.8, 4) is 5.75 Å². The molecular weight excluding hydrogens is 312 g/mol. The van der Waals surface area contributed by atoms with Crippen LogP contribution in [0.3, 0.4) is 0 Å². The van der Waals surface area contributed by atoms with Crippen molar-refractivity contribution in [1.82, 2.24) is 0 Å². The molecule has 0 unspecified atom stereocenters. The van der Waals surface area contributed by atoms with Crippen LogP contribution >= 0.6 is 0 Å². The van der Waals surface area contributed by atoms with Gasteiger partial charge in [-0.15, -0.1) is 0 Å². The highest BCUT2D eigenvalue weighted by atomic mass is 16.5. The van der Waals surface area contributed by atoms with Gasteiger partial charge in [0.2, 0.25) is 0 Å². The zero-order valence-electron chi connectivity index (χ0n) is 14.6. The number of carboxylic acids is 1. The maximum absolute atomic E-state index is 10.4. The van der Waals surface area contributed by atoms with Gasteiger partial charge in [0.05, 0.1) is 0 Å². The SMILES string of the molecule is O=C(O)CCCCCC/C=C/c1ccc(OCc2ccccc2)cc1. The van der Waals surface area contributed by atoms with Crippen molar-refractivity contribution in [2.24, 2.45) is 0 Å². The zero-order chi connectivity index (χ0) is 17.7. The Hall–Kier alpha value is -2.55. The number of hydrogen-bond acceptors (Lipinski definition) is 2. The second kappa shape index (κ2) is 11.1. The van der Waals surface area contributed by atoms with Gasteiger partial charge >= 0.3 is 5.97 Å². The average Bonchev–Trinajstić information content (AvgIpc) is 2.64. The van der Waals surface area contributed by atoms with Gasteiger partial charge in [0, 0.05) is 6.42 Å². The summed E-state index contributed by atoms with van der Waals surface area (Å²) >= 11 is 0. The Morgan fingerprint density at radius 1 is 0.920 bits per heavy atom. The number of aliphatic carboxylic acids is 1. The molecule has 0 heterocycles. The summed E-state index contributed by atoms with van der Waals surface area (Å²) in [6.45, 7) is 0.581. The molecule has 0 spiro atoms. The summed E-state index contributed by atoms with van der Waals surface area (Å²) in [6, 6.07) is 18.2. The number of ether oxygens (including phenoxy) is 1. The second-order valence-electron chi connectivity index (χ2n) is 6.09. The predicted molar refractivity (Wildman–Crippen MR) is 102 cm³/mol. The molecule has 0 bridgehead atoms.